The summed E-state index contributed by atoms with van der Waals surface area (Å²) < 4.78 is 17.5. The second-order valence-electron chi connectivity index (χ2n) is 6.12. The summed E-state index contributed by atoms with van der Waals surface area (Å²) in [5.41, 5.74) is 7.97. The highest BCUT2D eigenvalue weighted by Crippen LogP contribution is 2.23. The minimum atomic E-state index is -0.551. The molecule has 3 aromatic rings. The molecule has 0 aliphatic carbocycles. The Morgan fingerprint density at radius 2 is 1.88 bits per heavy atom. The number of amides is 1. The standard InChI is InChI=1S/C20H18FN3O2/c1-13-10-16(14(2)24(13)18-8-4-3-7-17(18)21)19(25)12-23-9-5-6-15(11-23)20(22)26/h3-11H,12H2,1-2H3,(H-,22,26)/p+1. The number of primary amides is 1. The summed E-state index contributed by atoms with van der Waals surface area (Å²) in [7, 11) is 0. The van der Waals surface area contributed by atoms with Crippen LogP contribution in [-0.2, 0) is 6.54 Å². The highest BCUT2D eigenvalue weighted by Gasteiger charge is 2.21. The summed E-state index contributed by atoms with van der Waals surface area (Å²) in [6.45, 7) is 3.68. The largest absolute Gasteiger partial charge is 0.365 e. The maximum Gasteiger partial charge on any atom is 0.254 e. The van der Waals surface area contributed by atoms with Crippen LogP contribution in [0.4, 0.5) is 4.39 Å². The van der Waals surface area contributed by atoms with Crippen LogP contribution in [0.15, 0.2) is 54.9 Å². The zero-order valence-corrected chi connectivity index (χ0v) is 14.6. The number of nitrogens with zero attached hydrogens (tertiary/aromatic N) is 2. The molecule has 3 rings (SSSR count). The lowest BCUT2D eigenvalue weighted by Gasteiger charge is -2.10. The molecule has 26 heavy (non-hydrogen) atoms. The van der Waals surface area contributed by atoms with Crippen molar-refractivity contribution in [3.63, 3.8) is 0 Å². The Morgan fingerprint density at radius 1 is 1.15 bits per heavy atom. The number of aromatic nitrogens is 2. The number of benzene rings is 1. The summed E-state index contributed by atoms with van der Waals surface area (Å²) >= 11 is 0. The Labute approximate surface area is 150 Å². The highest BCUT2D eigenvalue weighted by atomic mass is 19.1. The molecule has 1 amide bonds. The van der Waals surface area contributed by atoms with Gasteiger partial charge in [-0.15, -0.1) is 0 Å². The monoisotopic (exact) mass is 352 g/mol. The number of halogens is 1. The van der Waals surface area contributed by atoms with Crippen molar-refractivity contribution in [2.24, 2.45) is 5.73 Å². The van der Waals surface area contributed by atoms with E-state index in [9.17, 15) is 14.0 Å². The first-order valence-corrected chi connectivity index (χ1v) is 8.14. The van der Waals surface area contributed by atoms with Crippen LogP contribution in [-0.4, -0.2) is 16.3 Å². The van der Waals surface area contributed by atoms with Crippen LogP contribution >= 0.6 is 0 Å². The lowest BCUT2D eigenvalue weighted by molar-refractivity contribution is -0.683. The van der Waals surface area contributed by atoms with Gasteiger partial charge in [-0.25, -0.2) is 4.39 Å². The third kappa shape index (κ3) is 3.26. The number of hydrogen-bond acceptors (Lipinski definition) is 2. The highest BCUT2D eigenvalue weighted by molar-refractivity contribution is 5.97. The van der Waals surface area contributed by atoms with E-state index in [1.807, 2.05) is 6.92 Å². The van der Waals surface area contributed by atoms with Crippen LogP contribution in [0.3, 0.4) is 0 Å². The van der Waals surface area contributed by atoms with Crippen LogP contribution in [0.25, 0.3) is 5.69 Å². The van der Waals surface area contributed by atoms with Gasteiger partial charge in [0.1, 0.15) is 11.4 Å². The predicted octanol–water partition coefficient (Wildman–Crippen LogP) is 2.50. The quantitative estimate of drug-likeness (QED) is 0.566. The van der Waals surface area contributed by atoms with Crippen molar-refractivity contribution in [3.05, 3.63) is 83.2 Å². The van der Waals surface area contributed by atoms with Gasteiger partial charge in [0.2, 0.25) is 12.3 Å². The number of carbonyl (C=O) groups excluding carboxylic acids is 2. The van der Waals surface area contributed by atoms with E-state index in [1.165, 1.54) is 12.3 Å². The van der Waals surface area contributed by atoms with Gasteiger partial charge in [0, 0.05) is 23.0 Å². The lowest BCUT2D eigenvalue weighted by Crippen LogP contribution is -2.38. The molecule has 2 aromatic heterocycles. The van der Waals surface area contributed by atoms with Gasteiger partial charge in [0.25, 0.3) is 5.91 Å². The summed E-state index contributed by atoms with van der Waals surface area (Å²) in [6, 6.07) is 11.5. The van der Waals surface area contributed by atoms with Crippen molar-refractivity contribution < 1.29 is 18.5 Å². The fourth-order valence-corrected chi connectivity index (χ4v) is 3.07. The third-order valence-electron chi connectivity index (χ3n) is 4.29. The van der Waals surface area contributed by atoms with Gasteiger partial charge in [-0.2, -0.15) is 4.57 Å². The molecule has 132 valence electrons. The predicted molar refractivity (Wildman–Crippen MR) is 94.7 cm³/mol. The van der Waals surface area contributed by atoms with E-state index in [0.29, 0.717) is 22.5 Å². The van der Waals surface area contributed by atoms with E-state index < -0.39 is 5.91 Å². The molecular formula is C20H19FN3O2+. The van der Waals surface area contributed by atoms with Crippen molar-refractivity contribution in [1.82, 2.24) is 4.57 Å². The second kappa shape index (κ2) is 6.92. The molecule has 2 N–H and O–H groups in total. The normalized spacial score (nSPS) is 10.7. The second-order valence-corrected chi connectivity index (χ2v) is 6.12. The number of Topliss-reactive ketones (excluding diaryl/α,β-unsaturated/α-hetero) is 1. The van der Waals surface area contributed by atoms with Gasteiger partial charge in [-0.3, -0.25) is 9.59 Å². The molecule has 0 unspecified atom stereocenters. The van der Waals surface area contributed by atoms with Crippen molar-refractivity contribution in [1.29, 1.82) is 0 Å². The molecule has 0 aliphatic rings. The Balaban J connectivity index is 1.94. The van der Waals surface area contributed by atoms with Crippen LogP contribution in [0, 0.1) is 19.7 Å². The smallest absolute Gasteiger partial charge is 0.254 e. The number of pyridine rings is 1. The SMILES string of the molecule is Cc1cc(C(=O)C[n+]2cccc(C(N)=O)c2)c(C)n1-c1ccccc1F. The molecule has 0 spiro atoms. The number of hydrogen-bond donors (Lipinski definition) is 1. The minimum absolute atomic E-state index is 0.0582. The third-order valence-corrected chi connectivity index (χ3v) is 4.29. The van der Waals surface area contributed by atoms with Crippen LogP contribution in [0.2, 0.25) is 0 Å². The van der Waals surface area contributed by atoms with Crippen molar-refractivity contribution in [2.45, 2.75) is 20.4 Å². The maximum absolute atomic E-state index is 14.2. The molecule has 0 saturated carbocycles. The molecule has 0 fully saturated rings. The van der Waals surface area contributed by atoms with Crippen LogP contribution in [0.1, 0.15) is 32.1 Å². The molecule has 6 heteroatoms. The summed E-state index contributed by atoms with van der Waals surface area (Å²) in [4.78, 5) is 24.0. The topological polar surface area (TPSA) is 69.0 Å². The number of aryl methyl sites for hydroxylation is 1. The van der Waals surface area contributed by atoms with Crippen molar-refractivity contribution in [3.8, 4) is 5.69 Å². The first kappa shape index (κ1) is 17.5. The Hall–Kier alpha value is -3.28. The van der Waals surface area contributed by atoms with Crippen LogP contribution < -0.4 is 10.3 Å². The van der Waals surface area contributed by atoms with Gasteiger partial charge in [0.15, 0.2) is 12.4 Å². The number of nitrogens with two attached hydrogens (primary N) is 1. The Kier molecular flexibility index (Phi) is 4.67. The number of para-hydroxylation sites is 1. The van der Waals surface area contributed by atoms with Gasteiger partial charge in [0.05, 0.1) is 5.69 Å². The van der Waals surface area contributed by atoms with Gasteiger partial charge < -0.3 is 10.3 Å². The fraction of sp³-hybridized carbons (Fsp3) is 0.150. The zero-order chi connectivity index (χ0) is 18.8. The number of ketones is 1. The summed E-state index contributed by atoms with van der Waals surface area (Å²) in [5, 5.41) is 0. The van der Waals surface area contributed by atoms with Gasteiger partial charge in [-0.05, 0) is 38.1 Å². The zero-order valence-electron chi connectivity index (χ0n) is 14.6. The lowest BCUT2D eigenvalue weighted by atomic mass is 10.1. The molecular weight excluding hydrogens is 333 g/mol. The first-order valence-electron chi connectivity index (χ1n) is 8.14. The van der Waals surface area contributed by atoms with Gasteiger partial charge in [-0.1, -0.05) is 12.1 Å². The fourth-order valence-electron chi connectivity index (χ4n) is 3.07. The average molecular weight is 352 g/mol. The first-order chi connectivity index (χ1) is 12.4. The number of carbonyl (C=O) groups is 2. The molecule has 0 aliphatic heterocycles. The number of rotatable bonds is 5. The van der Waals surface area contributed by atoms with Crippen molar-refractivity contribution >= 4 is 11.7 Å². The van der Waals surface area contributed by atoms with Crippen molar-refractivity contribution in [2.75, 3.05) is 0 Å². The molecule has 2 heterocycles. The Bertz CT molecular complexity index is 1010. The molecule has 0 bridgehead atoms. The van der Waals surface area contributed by atoms with E-state index in [-0.39, 0.29) is 18.1 Å². The minimum Gasteiger partial charge on any atom is -0.365 e. The molecule has 0 atom stereocenters. The van der Waals surface area contributed by atoms with E-state index >= 15 is 0 Å². The molecule has 1 aromatic carbocycles. The molecule has 5 nitrogen and oxygen atoms in total. The van der Waals surface area contributed by atoms with Crippen LogP contribution in [0.5, 0.6) is 0 Å². The average Bonchev–Trinajstić information content (AvgIpc) is 2.90. The van der Waals surface area contributed by atoms with E-state index in [4.69, 9.17) is 5.73 Å². The summed E-state index contributed by atoms with van der Waals surface area (Å²) in [5.74, 6) is -1.03. The molecule has 0 radical (unpaired) electrons. The molecule has 0 saturated heterocycles. The Morgan fingerprint density at radius 3 is 2.58 bits per heavy atom. The maximum atomic E-state index is 14.2. The van der Waals surface area contributed by atoms with E-state index in [2.05, 4.69) is 0 Å². The van der Waals surface area contributed by atoms with E-state index in [1.54, 1.807) is 58.7 Å². The summed E-state index contributed by atoms with van der Waals surface area (Å²) in [6.07, 6.45) is 3.23. The van der Waals surface area contributed by atoms with E-state index in [0.717, 1.165) is 5.69 Å². The van der Waals surface area contributed by atoms with Gasteiger partial charge >= 0.3 is 0 Å².